The van der Waals surface area contributed by atoms with Crippen molar-refractivity contribution >= 4 is 15.9 Å². The van der Waals surface area contributed by atoms with Crippen LogP contribution in [0.1, 0.15) is 35.3 Å². The number of rotatable bonds is 6. The third-order valence-electron chi connectivity index (χ3n) is 5.45. The Morgan fingerprint density at radius 2 is 1.70 bits per heavy atom. The van der Waals surface area contributed by atoms with Gasteiger partial charge in [-0.05, 0) is 29.8 Å². The highest BCUT2D eigenvalue weighted by Crippen LogP contribution is 2.32. The number of hydrogen-bond acceptors (Lipinski definition) is 4. The average molecular weight is 489 g/mol. The van der Waals surface area contributed by atoms with Crippen LogP contribution in [0.25, 0.3) is 0 Å². The molecule has 0 bridgehead atoms. The highest BCUT2D eigenvalue weighted by molar-refractivity contribution is 7.89. The second kappa shape index (κ2) is 9.40. The van der Waals surface area contributed by atoms with Gasteiger partial charge in [-0.1, -0.05) is 32.0 Å². The summed E-state index contributed by atoms with van der Waals surface area (Å²) in [6.07, 6.45) is -4.51. The zero-order valence-electron chi connectivity index (χ0n) is 18.1. The minimum Gasteiger partial charge on any atom is -0.379 e. The van der Waals surface area contributed by atoms with Gasteiger partial charge in [0.2, 0.25) is 10.0 Å². The largest absolute Gasteiger partial charge is 0.416 e. The van der Waals surface area contributed by atoms with Gasteiger partial charge in [0.25, 0.3) is 5.91 Å². The van der Waals surface area contributed by atoms with Crippen LogP contribution in [0.2, 0.25) is 0 Å². The van der Waals surface area contributed by atoms with Crippen molar-refractivity contribution in [3.05, 3.63) is 65.0 Å². The molecule has 0 aromatic heterocycles. The second-order valence-corrected chi connectivity index (χ2v) is 10.2. The standard InChI is InChI=1S/C22H24F4N2O4S/c1-21(2,15-4-3-5-16(12-15)22(24,25)26)14-27-20(29)18-13-17(6-7-19(18)23)33(30,31)28-8-10-32-11-9-28/h3-7,12-13H,8-11,14H2,1-2H3,(H,27,29). The third-order valence-corrected chi connectivity index (χ3v) is 7.35. The van der Waals surface area contributed by atoms with Gasteiger partial charge in [-0.3, -0.25) is 4.79 Å². The second-order valence-electron chi connectivity index (χ2n) is 8.30. The molecule has 0 saturated carbocycles. The lowest BCUT2D eigenvalue weighted by Crippen LogP contribution is -2.40. The molecule has 2 aromatic carbocycles. The molecule has 0 unspecified atom stereocenters. The number of carbonyl (C=O) groups is 1. The predicted molar refractivity (Wildman–Crippen MR) is 113 cm³/mol. The molecule has 11 heteroatoms. The Bertz CT molecular complexity index is 1130. The third kappa shape index (κ3) is 5.71. The molecule has 1 N–H and O–H groups in total. The van der Waals surface area contributed by atoms with Gasteiger partial charge in [0, 0.05) is 25.0 Å². The molecule has 0 spiro atoms. The maximum atomic E-state index is 14.4. The van der Waals surface area contributed by atoms with Gasteiger partial charge in [0.1, 0.15) is 5.82 Å². The first kappa shape index (κ1) is 25.1. The minimum atomic E-state index is -4.51. The van der Waals surface area contributed by atoms with Gasteiger partial charge in [-0.2, -0.15) is 17.5 Å². The number of hydrogen-bond donors (Lipinski definition) is 1. The molecule has 1 aliphatic heterocycles. The Kier molecular flexibility index (Phi) is 7.15. The molecule has 0 radical (unpaired) electrons. The van der Waals surface area contributed by atoms with Crippen LogP contribution in [0.4, 0.5) is 17.6 Å². The smallest absolute Gasteiger partial charge is 0.379 e. The molecular weight excluding hydrogens is 464 g/mol. The molecule has 3 rings (SSSR count). The van der Waals surface area contributed by atoms with Gasteiger partial charge in [0.05, 0.1) is 29.2 Å². The molecular formula is C22H24F4N2O4S. The van der Waals surface area contributed by atoms with E-state index in [4.69, 9.17) is 4.74 Å². The average Bonchev–Trinajstić information content (AvgIpc) is 2.78. The first-order valence-corrected chi connectivity index (χ1v) is 11.6. The molecule has 1 fully saturated rings. The van der Waals surface area contributed by atoms with E-state index in [1.807, 2.05) is 0 Å². The molecule has 1 heterocycles. The van der Waals surface area contributed by atoms with E-state index in [2.05, 4.69) is 5.32 Å². The van der Waals surface area contributed by atoms with Crippen molar-refractivity contribution in [1.29, 1.82) is 0 Å². The van der Waals surface area contributed by atoms with E-state index >= 15 is 0 Å². The van der Waals surface area contributed by atoms with Gasteiger partial charge >= 0.3 is 6.18 Å². The number of morpholine rings is 1. The van der Waals surface area contributed by atoms with E-state index in [0.29, 0.717) is 5.56 Å². The van der Waals surface area contributed by atoms with Crippen molar-refractivity contribution < 1.29 is 35.5 Å². The van der Waals surface area contributed by atoms with E-state index in [-0.39, 0.29) is 37.7 Å². The molecule has 33 heavy (non-hydrogen) atoms. The van der Waals surface area contributed by atoms with E-state index < -0.39 is 44.5 Å². The molecule has 1 saturated heterocycles. The first-order valence-electron chi connectivity index (χ1n) is 10.2. The zero-order chi connectivity index (χ0) is 24.4. The Labute approximate surface area is 189 Å². The summed E-state index contributed by atoms with van der Waals surface area (Å²) in [6, 6.07) is 7.70. The summed E-state index contributed by atoms with van der Waals surface area (Å²) in [5.74, 6) is -1.78. The number of amides is 1. The first-order chi connectivity index (χ1) is 15.3. The fourth-order valence-corrected chi connectivity index (χ4v) is 4.82. The summed E-state index contributed by atoms with van der Waals surface area (Å²) in [6.45, 7) is 3.93. The van der Waals surface area contributed by atoms with Gasteiger partial charge in [-0.25, -0.2) is 12.8 Å². The van der Waals surface area contributed by atoms with Crippen LogP contribution in [0, 0.1) is 5.82 Å². The number of carbonyl (C=O) groups excluding carboxylic acids is 1. The van der Waals surface area contributed by atoms with Gasteiger partial charge < -0.3 is 10.1 Å². The Balaban J connectivity index is 1.78. The van der Waals surface area contributed by atoms with E-state index in [0.717, 1.165) is 30.3 Å². The van der Waals surface area contributed by atoms with Crippen LogP contribution in [-0.2, 0) is 26.4 Å². The summed E-state index contributed by atoms with van der Waals surface area (Å²) >= 11 is 0. The molecule has 6 nitrogen and oxygen atoms in total. The number of nitrogens with zero attached hydrogens (tertiary/aromatic N) is 1. The van der Waals surface area contributed by atoms with Crippen LogP contribution >= 0.6 is 0 Å². The van der Waals surface area contributed by atoms with Crippen molar-refractivity contribution in [3.8, 4) is 0 Å². The van der Waals surface area contributed by atoms with Crippen molar-refractivity contribution in [2.75, 3.05) is 32.8 Å². The van der Waals surface area contributed by atoms with Crippen molar-refractivity contribution in [2.45, 2.75) is 30.3 Å². The molecule has 0 aliphatic carbocycles. The Hall–Kier alpha value is -2.50. The molecule has 0 atom stereocenters. The van der Waals surface area contributed by atoms with Crippen LogP contribution < -0.4 is 5.32 Å². The number of halogens is 4. The number of sulfonamides is 1. The van der Waals surface area contributed by atoms with Crippen LogP contribution in [-0.4, -0.2) is 51.5 Å². The van der Waals surface area contributed by atoms with Crippen LogP contribution in [0.15, 0.2) is 47.4 Å². The highest BCUT2D eigenvalue weighted by atomic mass is 32.2. The van der Waals surface area contributed by atoms with Crippen molar-refractivity contribution in [2.24, 2.45) is 0 Å². The lowest BCUT2D eigenvalue weighted by molar-refractivity contribution is -0.137. The maximum absolute atomic E-state index is 14.4. The minimum absolute atomic E-state index is 0.104. The van der Waals surface area contributed by atoms with E-state index in [9.17, 15) is 30.8 Å². The number of alkyl halides is 3. The molecule has 1 aliphatic rings. The Morgan fingerprint density at radius 1 is 1.06 bits per heavy atom. The van der Waals surface area contributed by atoms with Gasteiger partial charge in [-0.15, -0.1) is 0 Å². The summed E-state index contributed by atoms with van der Waals surface area (Å²) in [5, 5.41) is 2.51. The maximum Gasteiger partial charge on any atom is 0.416 e. The summed E-state index contributed by atoms with van der Waals surface area (Å²) in [7, 11) is -3.94. The molecule has 180 valence electrons. The number of ether oxygens (including phenoxy) is 1. The van der Waals surface area contributed by atoms with E-state index in [1.54, 1.807) is 13.8 Å². The normalized spacial score (nSPS) is 15.9. The van der Waals surface area contributed by atoms with Crippen molar-refractivity contribution in [3.63, 3.8) is 0 Å². The monoisotopic (exact) mass is 488 g/mol. The lowest BCUT2D eigenvalue weighted by Gasteiger charge is -2.27. The SMILES string of the molecule is CC(C)(CNC(=O)c1cc(S(=O)(=O)N2CCOCC2)ccc1F)c1cccc(C(F)(F)F)c1. The Morgan fingerprint density at radius 3 is 2.33 bits per heavy atom. The van der Waals surface area contributed by atoms with Crippen LogP contribution in [0.5, 0.6) is 0 Å². The van der Waals surface area contributed by atoms with Crippen molar-refractivity contribution in [1.82, 2.24) is 9.62 Å². The number of benzene rings is 2. The molecule has 1 amide bonds. The zero-order valence-corrected chi connectivity index (χ0v) is 18.9. The topological polar surface area (TPSA) is 75.7 Å². The highest BCUT2D eigenvalue weighted by Gasteiger charge is 2.33. The van der Waals surface area contributed by atoms with E-state index in [1.165, 1.54) is 16.4 Å². The quantitative estimate of drug-likeness (QED) is 0.631. The number of nitrogens with one attached hydrogen (secondary N) is 1. The lowest BCUT2D eigenvalue weighted by atomic mass is 9.83. The summed E-state index contributed by atoms with van der Waals surface area (Å²) in [5.41, 5.74) is -1.86. The fraction of sp³-hybridized carbons (Fsp3) is 0.409. The molecule has 2 aromatic rings. The fourth-order valence-electron chi connectivity index (χ4n) is 3.39. The summed E-state index contributed by atoms with van der Waals surface area (Å²) in [4.78, 5) is 12.4. The predicted octanol–water partition coefficient (Wildman–Crippen LogP) is 3.57. The summed E-state index contributed by atoms with van der Waals surface area (Å²) < 4.78 is 85.4. The van der Waals surface area contributed by atoms with Crippen LogP contribution in [0.3, 0.4) is 0 Å². The van der Waals surface area contributed by atoms with Gasteiger partial charge in [0.15, 0.2) is 0 Å².